The van der Waals surface area contributed by atoms with Crippen molar-refractivity contribution in [2.45, 2.75) is 12.5 Å². The highest BCUT2D eigenvalue weighted by Crippen LogP contribution is 2.29. The Bertz CT molecular complexity index is 499. The summed E-state index contributed by atoms with van der Waals surface area (Å²) < 4.78 is 10.3. The highest BCUT2D eigenvalue weighted by atomic mass is 16.6. The maximum absolute atomic E-state index is 11.0. The molecule has 0 saturated carbocycles. The summed E-state index contributed by atoms with van der Waals surface area (Å²) in [5.74, 6) is 0.710. The fourth-order valence-electron chi connectivity index (χ4n) is 1.72. The number of rotatable bonds is 4. The molecule has 0 fully saturated rings. The van der Waals surface area contributed by atoms with Crippen molar-refractivity contribution in [3.8, 4) is 11.5 Å². The molecule has 18 heavy (non-hydrogen) atoms. The standard InChI is InChI=1S/C12H14N2O4/c1-16-9-4-3-7(5-10(9)17-2)8-6-11(12(13)15)18-14-8/h3-5,11H,6H2,1-2H3,(H2,13,15)/t11-/m1/s1. The quantitative estimate of drug-likeness (QED) is 0.851. The van der Waals surface area contributed by atoms with Crippen LogP contribution in [0.1, 0.15) is 12.0 Å². The summed E-state index contributed by atoms with van der Waals surface area (Å²) in [6.45, 7) is 0. The van der Waals surface area contributed by atoms with E-state index >= 15 is 0 Å². The van der Waals surface area contributed by atoms with E-state index in [4.69, 9.17) is 20.0 Å². The summed E-state index contributed by atoms with van der Waals surface area (Å²) in [5.41, 5.74) is 6.64. The van der Waals surface area contributed by atoms with Crippen LogP contribution in [0.2, 0.25) is 0 Å². The molecule has 0 bridgehead atoms. The van der Waals surface area contributed by atoms with Crippen LogP contribution >= 0.6 is 0 Å². The zero-order valence-electron chi connectivity index (χ0n) is 10.2. The zero-order chi connectivity index (χ0) is 13.1. The number of benzene rings is 1. The van der Waals surface area contributed by atoms with Gasteiger partial charge in [0.25, 0.3) is 5.91 Å². The Hall–Kier alpha value is -2.24. The Balaban J connectivity index is 2.23. The van der Waals surface area contributed by atoms with Crippen LogP contribution in [0.3, 0.4) is 0 Å². The number of oxime groups is 1. The molecule has 0 aromatic heterocycles. The minimum Gasteiger partial charge on any atom is -0.493 e. The Morgan fingerprint density at radius 1 is 1.39 bits per heavy atom. The van der Waals surface area contributed by atoms with E-state index in [0.717, 1.165) is 5.56 Å². The predicted octanol–water partition coefficient (Wildman–Crippen LogP) is 0.682. The number of amides is 1. The van der Waals surface area contributed by atoms with E-state index in [1.54, 1.807) is 26.4 Å². The summed E-state index contributed by atoms with van der Waals surface area (Å²) in [5, 5.41) is 3.86. The van der Waals surface area contributed by atoms with Crippen LogP contribution in [0.4, 0.5) is 0 Å². The summed E-state index contributed by atoms with van der Waals surface area (Å²) >= 11 is 0. The Kier molecular flexibility index (Phi) is 3.36. The van der Waals surface area contributed by atoms with Gasteiger partial charge in [-0.1, -0.05) is 5.16 Å². The monoisotopic (exact) mass is 250 g/mol. The van der Waals surface area contributed by atoms with Gasteiger partial charge in [-0.15, -0.1) is 0 Å². The molecular formula is C12H14N2O4. The lowest BCUT2D eigenvalue weighted by Crippen LogP contribution is -2.28. The molecule has 96 valence electrons. The van der Waals surface area contributed by atoms with Crippen molar-refractivity contribution in [3.63, 3.8) is 0 Å². The van der Waals surface area contributed by atoms with Crippen LogP contribution in [0.15, 0.2) is 23.4 Å². The molecule has 0 aliphatic carbocycles. The fraction of sp³-hybridized carbons (Fsp3) is 0.333. The Labute approximate surface area is 104 Å². The summed E-state index contributed by atoms with van der Waals surface area (Å²) in [7, 11) is 3.12. The molecule has 6 nitrogen and oxygen atoms in total. The Morgan fingerprint density at radius 3 is 2.67 bits per heavy atom. The second-order valence-electron chi connectivity index (χ2n) is 3.81. The number of carbonyl (C=O) groups is 1. The maximum atomic E-state index is 11.0. The molecule has 0 spiro atoms. The largest absolute Gasteiger partial charge is 0.493 e. The average molecular weight is 250 g/mol. The molecule has 1 aliphatic rings. The molecule has 6 heteroatoms. The number of carbonyl (C=O) groups excluding carboxylic acids is 1. The molecule has 0 unspecified atom stereocenters. The lowest BCUT2D eigenvalue weighted by molar-refractivity contribution is -0.127. The van der Waals surface area contributed by atoms with E-state index < -0.39 is 12.0 Å². The van der Waals surface area contributed by atoms with E-state index in [-0.39, 0.29) is 0 Å². The van der Waals surface area contributed by atoms with Crippen molar-refractivity contribution in [2.24, 2.45) is 10.9 Å². The normalized spacial score (nSPS) is 17.9. The van der Waals surface area contributed by atoms with E-state index in [9.17, 15) is 4.79 Å². The van der Waals surface area contributed by atoms with Gasteiger partial charge in [-0.2, -0.15) is 0 Å². The summed E-state index contributed by atoms with van der Waals surface area (Å²) in [6, 6.07) is 5.38. The van der Waals surface area contributed by atoms with Gasteiger partial charge >= 0.3 is 0 Å². The van der Waals surface area contributed by atoms with E-state index in [1.165, 1.54) is 0 Å². The molecule has 2 rings (SSSR count). The van der Waals surface area contributed by atoms with Gasteiger partial charge in [-0.25, -0.2) is 0 Å². The van der Waals surface area contributed by atoms with Crippen LogP contribution in [0.25, 0.3) is 0 Å². The smallest absolute Gasteiger partial charge is 0.261 e. The number of primary amides is 1. The van der Waals surface area contributed by atoms with Gasteiger partial charge in [0, 0.05) is 12.0 Å². The summed E-state index contributed by atoms with van der Waals surface area (Å²) in [4.78, 5) is 15.9. The lowest BCUT2D eigenvalue weighted by atomic mass is 10.0. The van der Waals surface area contributed by atoms with Gasteiger partial charge < -0.3 is 20.0 Å². The van der Waals surface area contributed by atoms with Crippen molar-refractivity contribution >= 4 is 11.6 Å². The third kappa shape index (κ3) is 2.22. The molecule has 1 atom stereocenters. The topological polar surface area (TPSA) is 83.1 Å². The minimum atomic E-state index is -0.687. The molecule has 0 saturated heterocycles. The molecule has 2 N–H and O–H groups in total. The number of hydrogen-bond donors (Lipinski definition) is 1. The van der Waals surface area contributed by atoms with Gasteiger partial charge in [0.2, 0.25) is 6.10 Å². The number of nitrogens with two attached hydrogens (primary N) is 1. The first kappa shape index (κ1) is 12.2. The van der Waals surface area contributed by atoms with Gasteiger partial charge in [0.15, 0.2) is 11.5 Å². The number of ether oxygens (including phenoxy) is 2. The number of methoxy groups -OCH3 is 2. The minimum absolute atomic E-state index is 0.366. The highest BCUT2D eigenvalue weighted by molar-refractivity contribution is 6.04. The highest BCUT2D eigenvalue weighted by Gasteiger charge is 2.27. The molecule has 1 aromatic carbocycles. The van der Waals surface area contributed by atoms with E-state index in [0.29, 0.717) is 23.6 Å². The van der Waals surface area contributed by atoms with Crippen molar-refractivity contribution in [3.05, 3.63) is 23.8 Å². The van der Waals surface area contributed by atoms with Crippen LogP contribution in [-0.4, -0.2) is 31.9 Å². The molecule has 1 amide bonds. The van der Waals surface area contributed by atoms with Gasteiger partial charge in [0.1, 0.15) is 0 Å². The van der Waals surface area contributed by atoms with Crippen molar-refractivity contribution in [1.82, 2.24) is 0 Å². The molecule has 0 radical (unpaired) electrons. The van der Waals surface area contributed by atoms with Crippen LogP contribution in [0, 0.1) is 0 Å². The fourth-order valence-corrected chi connectivity index (χ4v) is 1.72. The number of nitrogens with zero attached hydrogens (tertiary/aromatic N) is 1. The van der Waals surface area contributed by atoms with E-state index in [2.05, 4.69) is 5.16 Å². The third-order valence-electron chi connectivity index (χ3n) is 2.70. The van der Waals surface area contributed by atoms with Gasteiger partial charge in [-0.05, 0) is 18.2 Å². The molecule has 1 aromatic rings. The molecule has 1 aliphatic heterocycles. The van der Waals surface area contributed by atoms with Gasteiger partial charge in [0.05, 0.1) is 19.9 Å². The SMILES string of the molecule is COc1ccc(C2=NO[C@@H](C(N)=O)C2)cc1OC. The maximum Gasteiger partial charge on any atom is 0.261 e. The molecule has 1 heterocycles. The Morgan fingerprint density at radius 2 is 2.11 bits per heavy atom. The zero-order valence-corrected chi connectivity index (χ0v) is 10.2. The van der Waals surface area contributed by atoms with Crippen LogP contribution < -0.4 is 15.2 Å². The van der Waals surface area contributed by atoms with Crippen LogP contribution in [-0.2, 0) is 9.63 Å². The van der Waals surface area contributed by atoms with E-state index in [1.807, 2.05) is 6.07 Å². The first-order valence-electron chi connectivity index (χ1n) is 5.40. The second-order valence-corrected chi connectivity index (χ2v) is 3.81. The second kappa shape index (κ2) is 4.95. The lowest BCUT2D eigenvalue weighted by Gasteiger charge is -2.08. The predicted molar refractivity (Wildman–Crippen MR) is 64.8 cm³/mol. The van der Waals surface area contributed by atoms with Crippen molar-refractivity contribution < 1.29 is 19.1 Å². The van der Waals surface area contributed by atoms with Gasteiger partial charge in [-0.3, -0.25) is 4.79 Å². The van der Waals surface area contributed by atoms with Crippen molar-refractivity contribution in [1.29, 1.82) is 0 Å². The number of hydrogen-bond acceptors (Lipinski definition) is 5. The first-order valence-corrected chi connectivity index (χ1v) is 5.40. The average Bonchev–Trinajstić information content (AvgIpc) is 2.87. The molecular weight excluding hydrogens is 236 g/mol. The summed E-state index contributed by atoms with van der Waals surface area (Å²) in [6.07, 6.45) is -0.321. The third-order valence-corrected chi connectivity index (χ3v) is 2.70. The van der Waals surface area contributed by atoms with Crippen molar-refractivity contribution in [2.75, 3.05) is 14.2 Å². The van der Waals surface area contributed by atoms with Crippen LogP contribution in [0.5, 0.6) is 11.5 Å². The first-order chi connectivity index (χ1) is 8.65.